The van der Waals surface area contributed by atoms with Crippen LogP contribution in [-0.4, -0.2) is 154 Å². The fourth-order valence-electron chi connectivity index (χ4n) is 17.2. The second kappa shape index (κ2) is 27.1. The normalized spacial score (nSPS) is 26.4. The molecule has 530 valence electrons. The van der Waals surface area contributed by atoms with E-state index in [-0.39, 0.29) is 34.6 Å². The van der Waals surface area contributed by atoms with Gasteiger partial charge in [0.15, 0.2) is 0 Å². The van der Waals surface area contributed by atoms with Crippen LogP contribution in [0.5, 0.6) is 23.0 Å². The molecule has 2 bridgehead atoms. The van der Waals surface area contributed by atoms with Crippen molar-refractivity contribution in [3.63, 3.8) is 0 Å². The molecule has 7 aromatic heterocycles. The third kappa shape index (κ3) is 13.4. The molecular formula is C72H84B4N10O13S3. The largest absolute Gasteiger partial charge is 0.555 e. The maximum Gasteiger partial charge on any atom is 0.555 e. The first-order chi connectivity index (χ1) is 48.8. The van der Waals surface area contributed by atoms with E-state index in [9.17, 15) is 36.9 Å². The lowest BCUT2D eigenvalue weighted by Crippen LogP contribution is -2.75. The standard InChI is InChI=1S/C21H22BN3O3S.C19H24BN3O4S.C18H23BN2O4S.C14H15BN2O2/c1-13-19(20-17-8-9-23-21(17)24-12-18(20)28-22(13)26)14-10-15(11-14)25-29(2,27)16-6-4-3-5-7-16;1-26-6-3-7-28(2,25)23-19-10-18(11-19,12-19)14-8-20(24)27-15-9-22-17-13(16(14)15)4-5-21-17;1-3-7-26(23,24)21-18(2)8-12(9-18)14-10-19(22)25-16-11-20-15-6-4-5-13(15)17(14)16;1-8-4-9(5-8)11-6-15(18)19-12-7-17-14-10(13(11)12)2-3-16-14/h3-9,12,14-15,26H,2,10-11H2,1H3,(H,23,24)(H,25,27);4-5,8-9,24H,2-3,6-7,10-12H2,1H3,(H,21,22)(H,23,25);4-5,10-12,21-22H,3,6-9H2,1-2H3;2-3,6-9,18H,4-5H2,1H3,(H,16,17). The number of nitrogens with zero attached hydrogens (tertiary/aromatic N) is 4. The second-order valence-electron chi connectivity index (χ2n) is 29.5. The van der Waals surface area contributed by atoms with E-state index >= 15 is 0 Å². The molecule has 23 nitrogen and oxygen atoms in total. The van der Waals surface area contributed by atoms with Gasteiger partial charge in [0.1, 0.15) is 39.9 Å². The van der Waals surface area contributed by atoms with Crippen molar-refractivity contribution in [1.29, 1.82) is 0 Å². The summed E-state index contributed by atoms with van der Waals surface area (Å²) in [6, 6.07) is 15.4. The van der Waals surface area contributed by atoms with E-state index in [0.717, 1.165) is 140 Å². The summed E-state index contributed by atoms with van der Waals surface area (Å²) in [5, 5.41) is 43.6. The summed E-state index contributed by atoms with van der Waals surface area (Å²) in [4.78, 5) is 27.6. The summed E-state index contributed by atoms with van der Waals surface area (Å²) in [5.74, 6) is 18.2. The number of H-pyrrole nitrogens is 3. The van der Waals surface area contributed by atoms with Crippen molar-refractivity contribution in [3.05, 3.63) is 155 Å². The Kier molecular flexibility index (Phi) is 18.6. The Morgan fingerprint density at radius 2 is 1.22 bits per heavy atom. The Balaban J connectivity index is 0.000000111. The summed E-state index contributed by atoms with van der Waals surface area (Å²) in [6.07, 6.45) is 26.7. The van der Waals surface area contributed by atoms with Gasteiger partial charge in [0.05, 0.1) is 45.9 Å². The Bertz CT molecular complexity index is 5100. The fourth-order valence-corrected chi connectivity index (χ4v) is 21.9. The van der Waals surface area contributed by atoms with Crippen molar-refractivity contribution < 1.29 is 60.3 Å². The van der Waals surface area contributed by atoms with Crippen molar-refractivity contribution in [2.24, 2.45) is 29.1 Å². The molecule has 7 aliphatic carbocycles. The zero-order valence-electron chi connectivity index (χ0n) is 57.7. The highest BCUT2D eigenvalue weighted by Crippen LogP contribution is 2.73. The number of sulfonamides is 1. The van der Waals surface area contributed by atoms with Crippen molar-refractivity contribution in [2.45, 2.75) is 127 Å². The summed E-state index contributed by atoms with van der Waals surface area (Å²) in [6.45, 7) is 8.58. The predicted octanol–water partition coefficient (Wildman–Crippen LogP) is 8.69. The maximum absolute atomic E-state index is 13.0. The van der Waals surface area contributed by atoms with E-state index in [1.54, 1.807) is 37.9 Å². The first-order valence-electron chi connectivity index (χ1n) is 35.0. The minimum atomic E-state index is -3.25. The number of pyridine rings is 4. The molecule has 11 aliphatic rings. The van der Waals surface area contributed by atoms with Gasteiger partial charge >= 0.3 is 28.5 Å². The lowest BCUT2D eigenvalue weighted by Gasteiger charge is -2.72. The SMILES string of the molecule is C=S(=O)(CCCOC)NC12CC(C3=CB(O)Oc4cnc5[nH]ccc5c43)(C1)C2.C=S(=O)(NC1CC(C2=C(C)B(O)Oc3cnc4[nH]ccc4c32)C1)c1ccccc1.CC1CC(C2=CB(O)Oc3cnc4[nH]ccc4c32)C1.CCCS(=O)(=O)NC1(C)CC(C2=CB(O)Oc3cnc4c(c32)C=CC4)C1. The van der Waals surface area contributed by atoms with Gasteiger partial charge in [0, 0.05) is 126 Å². The average Bonchev–Trinajstić information content (AvgIpc) is 0.675. The highest BCUT2D eigenvalue weighted by atomic mass is 32.2. The Hall–Kier alpha value is -7.73. The molecule has 8 aromatic rings. The van der Waals surface area contributed by atoms with Crippen LogP contribution in [0, 0.1) is 29.1 Å². The number of benzene rings is 1. The number of ether oxygens (including phenoxy) is 1. The molecule has 6 fully saturated rings. The number of fused-ring (bicyclic) bond motifs is 12. The molecule has 1 aromatic carbocycles. The molecule has 10 N–H and O–H groups in total. The van der Waals surface area contributed by atoms with Crippen LogP contribution in [0.3, 0.4) is 0 Å². The van der Waals surface area contributed by atoms with Crippen molar-refractivity contribution in [3.8, 4) is 23.0 Å². The number of allylic oxidation sites excluding steroid dienone is 6. The first-order valence-corrected chi connectivity index (χ1v) is 40.3. The third-order valence-corrected chi connectivity index (χ3v) is 26.9. The lowest BCUT2D eigenvalue weighted by atomic mass is 9.36. The molecule has 30 heteroatoms. The number of hydrogen-bond acceptors (Lipinski definition) is 17. The number of hydrogen-bond donors (Lipinski definition) is 10. The molecule has 2 unspecified atom stereocenters. The van der Waals surface area contributed by atoms with E-state index in [0.29, 0.717) is 65.4 Å². The molecule has 2 atom stereocenters. The molecule has 19 rings (SSSR count). The van der Waals surface area contributed by atoms with Gasteiger partial charge in [-0.15, -0.1) is 0 Å². The van der Waals surface area contributed by atoms with Crippen LogP contribution in [0.15, 0.2) is 126 Å². The minimum Gasteiger partial charge on any atom is -0.531 e. The van der Waals surface area contributed by atoms with Gasteiger partial charge in [0.2, 0.25) is 10.0 Å². The topological polar surface area (TPSA) is 330 Å². The predicted molar refractivity (Wildman–Crippen MR) is 405 cm³/mol. The Morgan fingerprint density at radius 1 is 0.667 bits per heavy atom. The van der Waals surface area contributed by atoms with Crippen LogP contribution in [0.2, 0.25) is 0 Å². The zero-order chi connectivity index (χ0) is 71.3. The summed E-state index contributed by atoms with van der Waals surface area (Å²) in [5.41, 5.74) is 13.4. The quantitative estimate of drug-likeness (QED) is 0.0231. The number of aromatic nitrogens is 7. The molecule has 6 saturated carbocycles. The number of rotatable bonds is 17. The van der Waals surface area contributed by atoms with Crippen LogP contribution < -0.4 is 32.8 Å². The first kappa shape index (κ1) is 70.0. The molecule has 0 saturated heterocycles. The van der Waals surface area contributed by atoms with Gasteiger partial charge in [-0.05, 0) is 196 Å². The second-order valence-corrected chi connectivity index (χ2v) is 35.6. The summed E-state index contributed by atoms with van der Waals surface area (Å²) in [7, 11) is -10.3. The van der Waals surface area contributed by atoms with Gasteiger partial charge < -0.3 is 58.4 Å². The van der Waals surface area contributed by atoms with Crippen LogP contribution in [0.25, 0.3) is 61.5 Å². The monoisotopic (exact) mass is 1440 g/mol. The van der Waals surface area contributed by atoms with E-state index in [1.807, 2.05) is 99.8 Å². The minimum absolute atomic E-state index is 0.0138. The number of nitrogens with one attached hydrogen (secondary N) is 6. The van der Waals surface area contributed by atoms with Crippen molar-refractivity contribution in [1.82, 2.24) is 49.1 Å². The third-order valence-electron chi connectivity index (χ3n) is 21.6. The molecule has 0 spiro atoms. The molecular weight excluding hydrogens is 1350 g/mol. The van der Waals surface area contributed by atoms with Crippen molar-refractivity contribution >= 4 is 131 Å². The zero-order valence-corrected chi connectivity index (χ0v) is 60.2. The van der Waals surface area contributed by atoms with Gasteiger partial charge in [-0.2, -0.15) is 0 Å². The van der Waals surface area contributed by atoms with E-state index in [4.69, 9.17) is 23.4 Å². The van der Waals surface area contributed by atoms with Gasteiger partial charge in [-0.1, -0.05) is 44.2 Å². The van der Waals surface area contributed by atoms with Crippen LogP contribution in [0.4, 0.5) is 0 Å². The Morgan fingerprint density at radius 3 is 1.81 bits per heavy atom. The highest BCUT2D eigenvalue weighted by Gasteiger charge is 2.70. The highest BCUT2D eigenvalue weighted by molar-refractivity contribution is 7.98. The fraction of sp³-hybridized carbons (Fsp3) is 0.389. The number of methoxy groups -OCH3 is 1. The van der Waals surface area contributed by atoms with E-state index in [2.05, 4.69) is 79.9 Å². The van der Waals surface area contributed by atoms with Gasteiger partial charge in [-0.3, -0.25) is 9.19 Å². The van der Waals surface area contributed by atoms with Crippen LogP contribution in [-0.2, 0) is 40.6 Å². The van der Waals surface area contributed by atoms with Crippen LogP contribution >= 0.6 is 0 Å². The van der Waals surface area contributed by atoms with Gasteiger partial charge in [-0.25, -0.2) is 41.7 Å². The lowest BCUT2D eigenvalue weighted by molar-refractivity contribution is -0.0918. The average molecular weight is 1440 g/mol. The summed E-state index contributed by atoms with van der Waals surface area (Å²) >= 11 is 0. The molecule has 0 amide bonds. The maximum atomic E-state index is 13.0. The molecule has 102 heavy (non-hydrogen) atoms. The van der Waals surface area contributed by atoms with E-state index in [1.165, 1.54) is 18.4 Å². The van der Waals surface area contributed by atoms with Crippen LogP contribution in [0.1, 0.15) is 132 Å². The number of aromatic amines is 3. The smallest absolute Gasteiger partial charge is 0.531 e. The molecule has 11 heterocycles. The summed E-state index contributed by atoms with van der Waals surface area (Å²) < 4.78 is 86.9. The molecule has 0 radical (unpaired) electrons. The van der Waals surface area contributed by atoms with Crippen molar-refractivity contribution in [2.75, 3.05) is 25.2 Å². The Labute approximate surface area is 595 Å². The van der Waals surface area contributed by atoms with E-state index < -0.39 is 63.5 Å². The van der Waals surface area contributed by atoms with Gasteiger partial charge in [0.25, 0.3) is 0 Å². The molecule has 4 aliphatic heterocycles.